The molecule has 0 aliphatic heterocycles. The molecule has 0 fully saturated rings. The zero-order chi connectivity index (χ0) is 18.4. The lowest BCUT2D eigenvalue weighted by Crippen LogP contribution is -2.22. The van der Waals surface area contributed by atoms with E-state index in [1.54, 1.807) is 6.07 Å². The largest absolute Gasteiger partial charge is 0.455 e. The Balaban J connectivity index is 1.87. The molecule has 0 atom stereocenters. The molecule has 132 valence electrons. The fraction of sp³-hybridized carbons (Fsp3) is 0.188. The van der Waals surface area contributed by atoms with E-state index in [2.05, 4.69) is 10.3 Å². The van der Waals surface area contributed by atoms with E-state index in [1.807, 2.05) is 0 Å². The van der Waals surface area contributed by atoms with Crippen LogP contribution in [0.3, 0.4) is 0 Å². The standard InChI is InChI=1S/C16H12ClF3N2O3/c17-15-12(5-2-6-21-15)22-13(23)9-25-14(24)8-10-3-1-4-11(7-10)16(18,19)20/h1-7H,8-9H2,(H,22,23). The van der Waals surface area contributed by atoms with Gasteiger partial charge in [0.25, 0.3) is 5.91 Å². The number of hydrogen-bond acceptors (Lipinski definition) is 4. The summed E-state index contributed by atoms with van der Waals surface area (Å²) in [6.07, 6.45) is -3.44. The second kappa shape index (κ2) is 7.98. The van der Waals surface area contributed by atoms with Gasteiger partial charge in [-0.05, 0) is 23.8 Å². The summed E-state index contributed by atoms with van der Waals surface area (Å²) in [5.41, 5.74) is -0.472. The normalized spacial score (nSPS) is 11.0. The van der Waals surface area contributed by atoms with E-state index in [4.69, 9.17) is 16.3 Å². The van der Waals surface area contributed by atoms with E-state index in [0.29, 0.717) is 0 Å². The molecule has 2 rings (SSSR count). The molecule has 0 saturated heterocycles. The summed E-state index contributed by atoms with van der Waals surface area (Å²) < 4.78 is 42.6. The highest BCUT2D eigenvalue weighted by Gasteiger charge is 2.30. The summed E-state index contributed by atoms with van der Waals surface area (Å²) in [7, 11) is 0. The van der Waals surface area contributed by atoms with Gasteiger partial charge in [-0.25, -0.2) is 4.98 Å². The molecular formula is C16H12ClF3N2O3. The molecule has 0 aliphatic rings. The number of nitrogens with zero attached hydrogens (tertiary/aromatic N) is 1. The van der Waals surface area contributed by atoms with Crippen LogP contribution in [0.4, 0.5) is 18.9 Å². The van der Waals surface area contributed by atoms with Crippen LogP contribution in [0.5, 0.6) is 0 Å². The van der Waals surface area contributed by atoms with Crippen molar-refractivity contribution in [2.75, 3.05) is 11.9 Å². The van der Waals surface area contributed by atoms with Crippen molar-refractivity contribution in [3.63, 3.8) is 0 Å². The van der Waals surface area contributed by atoms with E-state index >= 15 is 0 Å². The van der Waals surface area contributed by atoms with Gasteiger partial charge in [-0.1, -0.05) is 29.8 Å². The van der Waals surface area contributed by atoms with Crippen molar-refractivity contribution in [2.24, 2.45) is 0 Å². The molecule has 0 unspecified atom stereocenters. The number of nitrogens with one attached hydrogen (secondary N) is 1. The number of rotatable bonds is 5. The van der Waals surface area contributed by atoms with Crippen LogP contribution < -0.4 is 5.32 Å². The molecule has 1 aromatic heterocycles. The first-order valence-corrected chi connectivity index (χ1v) is 7.35. The number of pyridine rings is 1. The number of aromatic nitrogens is 1. The van der Waals surface area contributed by atoms with Gasteiger partial charge in [0.05, 0.1) is 17.7 Å². The SMILES string of the molecule is O=C(COC(=O)Cc1cccc(C(F)(F)F)c1)Nc1cccnc1Cl. The van der Waals surface area contributed by atoms with Crippen molar-refractivity contribution >= 4 is 29.2 Å². The average molecular weight is 373 g/mol. The quantitative estimate of drug-likeness (QED) is 0.644. The monoisotopic (exact) mass is 372 g/mol. The molecule has 0 saturated carbocycles. The number of carbonyl (C=O) groups excluding carboxylic acids is 2. The molecule has 2 aromatic rings. The predicted octanol–water partition coefficient (Wildman–Crippen LogP) is 3.48. The van der Waals surface area contributed by atoms with E-state index in [9.17, 15) is 22.8 Å². The fourth-order valence-electron chi connectivity index (χ4n) is 1.89. The Labute approximate surface area is 145 Å². The Kier molecular flexibility index (Phi) is 5.97. The van der Waals surface area contributed by atoms with Crippen molar-refractivity contribution in [1.29, 1.82) is 0 Å². The van der Waals surface area contributed by atoms with Crippen LogP contribution in [0.15, 0.2) is 42.6 Å². The Bertz CT molecular complexity index is 781. The zero-order valence-corrected chi connectivity index (χ0v) is 13.4. The highest BCUT2D eigenvalue weighted by molar-refractivity contribution is 6.32. The number of carbonyl (C=O) groups is 2. The molecule has 0 spiro atoms. The van der Waals surface area contributed by atoms with Gasteiger partial charge in [0.1, 0.15) is 0 Å². The van der Waals surface area contributed by atoms with Crippen molar-refractivity contribution in [3.8, 4) is 0 Å². The number of hydrogen-bond donors (Lipinski definition) is 1. The van der Waals surface area contributed by atoms with Gasteiger partial charge in [0.2, 0.25) is 0 Å². The second-order valence-corrected chi connectivity index (χ2v) is 5.28. The number of halogens is 4. The number of benzene rings is 1. The predicted molar refractivity (Wildman–Crippen MR) is 84.0 cm³/mol. The summed E-state index contributed by atoms with van der Waals surface area (Å²) in [6, 6.07) is 7.39. The maximum atomic E-state index is 12.6. The van der Waals surface area contributed by atoms with Crippen LogP contribution in [0, 0.1) is 0 Å². The maximum absolute atomic E-state index is 12.6. The number of esters is 1. The van der Waals surface area contributed by atoms with Crippen LogP contribution in [0.1, 0.15) is 11.1 Å². The van der Waals surface area contributed by atoms with E-state index in [0.717, 1.165) is 12.1 Å². The Morgan fingerprint density at radius 1 is 1.20 bits per heavy atom. The van der Waals surface area contributed by atoms with Gasteiger partial charge < -0.3 is 10.1 Å². The highest BCUT2D eigenvalue weighted by Crippen LogP contribution is 2.29. The summed E-state index contributed by atoms with van der Waals surface area (Å²) in [5.74, 6) is -1.47. The van der Waals surface area contributed by atoms with Crippen LogP contribution in [0.2, 0.25) is 5.15 Å². The van der Waals surface area contributed by atoms with Gasteiger partial charge in [-0.2, -0.15) is 13.2 Å². The molecule has 0 bridgehead atoms. The zero-order valence-electron chi connectivity index (χ0n) is 12.6. The minimum atomic E-state index is -4.50. The van der Waals surface area contributed by atoms with Crippen LogP contribution in [0.25, 0.3) is 0 Å². The van der Waals surface area contributed by atoms with E-state index in [-0.39, 0.29) is 22.8 Å². The number of amides is 1. The van der Waals surface area contributed by atoms with Crippen molar-refractivity contribution in [3.05, 3.63) is 58.9 Å². The first-order valence-electron chi connectivity index (χ1n) is 6.98. The maximum Gasteiger partial charge on any atom is 0.416 e. The summed E-state index contributed by atoms with van der Waals surface area (Å²) in [5, 5.41) is 2.47. The van der Waals surface area contributed by atoms with Gasteiger partial charge >= 0.3 is 12.1 Å². The number of anilines is 1. The Morgan fingerprint density at radius 2 is 1.96 bits per heavy atom. The van der Waals surface area contributed by atoms with Crippen LogP contribution >= 0.6 is 11.6 Å². The summed E-state index contributed by atoms with van der Waals surface area (Å²) in [6.45, 7) is -0.594. The Morgan fingerprint density at radius 3 is 2.64 bits per heavy atom. The van der Waals surface area contributed by atoms with Crippen LogP contribution in [-0.2, 0) is 26.9 Å². The van der Waals surface area contributed by atoms with E-state index < -0.39 is 30.2 Å². The molecule has 25 heavy (non-hydrogen) atoms. The van der Waals surface area contributed by atoms with Gasteiger partial charge in [0.15, 0.2) is 11.8 Å². The average Bonchev–Trinajstić information content (AvgIpc) is 2.55. The molecule has 1 N–H and O–H groups in total. The molecule has 9 heteroatoms. The number of ether oxygens (including phenoxy) is 1. The number of alkyl halides is 3. The van der Waals surface area contributed by atoms with E-state index in [1.165, 1.54) is 24.4 Å². The third-order valence-electron chi connectivity index (χ3n) is 3.00. The van der Waals surface area contributed by atoms with Crippen molar-refractivity contribution in [1.82, 2.24) is 4.98 Å². The fourth-order valence-corrected chi connectivity index (χ4v) is 2.05. The van der Waals surface area contributed by atoms with Crippen molar-refractivity contribution in [2.45, 2.75) is 12.6 Å². The molecular weight excluding hydrogens is 361 g/mol. The lowest BCUT2D eigenvalue weighted by atomic mass is 10.1. The van der Waals surface area contributed by atoms with Gasteiger partial charge in [0, 0.05) is 6.20 Å². The molecule has 5 nitrogen and oxygen atoms in total. The minimum absolute atomic E-state index is 0.0751. The molecule has 0 aliphatic carbocycles. The highest BCUT2D eigenvalue weighted by atomic mass is 35.5. The first-order chi connectivity index (χ1) is 11.8. The smallest absolute Gasteiger partial charge is 0.416 e. The Hall–Kier alpha value is -2.61. The minimum Gasteiger partial charge on any atom is -0.455 e. The third kappa shape index (κ3) is 5.75. The molecule has 1 heterocycles. The topological polar surface area (TPSA) is 68.3 Å². The summed E-state index contributed by atoms with van der Waals surface area (Å²) in [4.78, 5) is 27.1. The van der Waals surface area contributed by atoms with Gasteiger partial charge in [-0.3, -0.25) is 9.59 Å². The molecule has 1 amide bonds. The summed E-state index contributed by atoms with van der Waals surface area (Å²) >= 11 is 5.76. The lowest BCUT2D eigenvalue weighted by molar-refractivity contribution is -0.146. The molecule has 1 aromatic carbocycles. The molecule has 0 radical (unpaired) electrons. The second-order valence-electron chi connectivity index (χ2n) is 4.93. The van der Waals surface area contributed by atoms with Gasteiger partial charge in [-0.15, -0.1) is 0 Å². The lowest BCUT2D eigenvalue weighted by Gasteiger charge is -2.09. The third-order valence-corrected chi connectivity index (χ3v) is 3.30. The van der Waals surface area contributed by atoms with Crippen molar-refractivity contribution < 1.29 is 27.5 Å². The van der Waals surface area contributed by atoms with Crippen LogP contribution in [-0.4, -0.2) is 23.5 Å². The first kappa shape index (κ1) is 18.7.